The molecule has 1 heterocycles. The smallest absolute Gasteiger partial charge is 0.0793 e. The van der Waals surface area contributed by atoms with Crippen molar-refractivity contribution in [2.75, 3.05) is 31.3 Å². The van der Waals surface area contributed by atoms with Crippen molar-refractivity contribution in [2.45, 2.75) is 38.2 Å². The summed E-state index contributed by atoms with van der Waals surface area (Å²) < 4.78 is 5.75. The quantitative estimate of drug-likeness (QED) is 0.697. The molecule has 15 heavy (non-hydrogen) atoms. The topological polar surface area (TPSA) is 12.5 Å². The van der Waals surface area contributed by atoms with Crippen LogP contribution in [0.15, 0.2) is 0 Å². The Bertz CT molecular complexity index is 180. The average molecular weight is 252 g/mol. The van der Waals surface area contributed by atoms with E-state index in [1.165, 1.54) is 0 Å². The van der Waals surface area contributed by atoms with Gasteiger partial charge in [0.25, 0.3) is 0 Å². The normalized spacial score (nSPS) is 25.8. The molecule has 1 fully saturated rings. The molecule has 0 aromatic rings. The molecule has 2 nitrogen and oxygen atoms in total. The van der Waals surface area contributed by atoms with Crippen LogP contribution in [0.1, 0.15) is 20.8 Å². The van der Waals surface area contributed by atoms with Gasteiger partial charge in [0, 0.05) is 36.0 Å². The minimum absolute atomic E-state index is 0.386. The molecule has 1 aliphatic heterocycles. The molecule has 90 valence electrons. The molecule has 0 spiro atoms. The van der Waals surface area contributed by atoms with Crippen molar-refractivity contribution in [3.8, 4) is 0 Å². The molecular formula is C11H22ClNOS. The van der Waals surface area contributed by atoms with Gasteiger partial charge in [-0.3, -0.25) is 4.90 Å². The van der Waals surface area contributed by atoms with Gasteiger partial charge < -0.3 is 4.74 Å². The maximum Gasteiger partial charge on any atom is 0.0793 e. The molecule has 1 aliphatic rings. The number of thioether (sulfide) groups is 1. The Morgan fingerprint density at radius 1 is 1.47 bits per heavy atom. The fourth-order valence-corrected chi connectivity index (χ4v) is 2.73. The van der Waals surface area contributed by atoms with E-state index in [1.54, 1.807) is 0 Å². The van der Waals surface area contributed by atoms with E-state index < -0.39 is 0 Å². The first-order valence-corrected chi connectivity index (χ1v) is 7.25. The summed E-state index contributed by atoms with van der Waals surface area (Å²) in [7, 11) is 0. The highest BCUT2D eigenvalue weighted by molar-refractivity contribution is 8.00. The first kappa shape index (κ1) is 13.6. The van der Waals surface area contributed by atoms with Crippen molar-refractivity contribution in [1.82, 2.24) is 4.90 Å². The molecule has 0 bridgehead atoms. The molecule has 0 aliphatic carbocycles. The number of morpholine rings is 1. The van der Waals surface area contributed by atoms with Crippen LogP contribution in [0, 0.1) is 0 Å². The molecular weight excluding hydrogens is 230 g/mol. The number of hydrogen-bond acceptors (Lipinski definition) is 3. The lowest BCUT2D eigenvalue weighted by atomic mass is 10.2. The van der Waals surface area contributed by atoms with Gasteiger partial charge in [0.05, 0.1) is 12.7 Å². The molecule has 2 atom stereocenters. The van der Waals surface area contributed by atoms with Crippen LogP contribution in [0.25, 0.3) is 0 Å². The van der Waals surface area contributed by atoms with Gasteiger partial charge in [-0.2, -0.15) is 11.8 Å². The molecule has 0 aromatic heterocycles. The lowest BCUT2D eigenvalue weighted by Gasteiger charge is -2.35. The van der Waals surface area contributed by atoms with Gasteiger partial charge in [-0.15, -0.1) is 11.6 Å². The Balaban J connectivity index is 2.24. The van der Waals surface area contributed by atoms with Gasteiger partial charge in [-0.05, 0) is 13.8 Å². The molecule has 0 N–H and O–H groups in total. The number of hydrogen-bond donors (Lipinski definition) is 0. The highest BCUT2D eigenvalue weighted by atomic mass is 35.5. The van der Waals surface area contributed by atoms with Crippen molar-refractivity contribution < 1.29 is 4.74 Å². The zero-order valence-corrected chi connectivity index (χ0v) is 11.5. The standard InChI is InChI=1S/C11H22ClNOS/c1-9(2)13-4-5-14-11(7-13)8-15-10(3)6-12/h9-11H,4-8H2,1-3H3. The van der Waals surface area contributed by atoms with Crippen LogP contribution in [0.4, 0.5) is 0 Å². The van der Waals surface area contributed by atoms with Crippen molar-refractivity contribution in [2.24, 2.45) is 0 Å². The van der Waals surface area contributed by atoms with E-state index in [0.717, 1.165) is 31.3 Å². The molecule has 0 radical (unpaired) electrons. The summed E-state index contributed by atoms with van der Waals surface area (Å²) >= 11 is 7.69. The Kier molecular flexibility index (Phi) is 6.36. The van der Waals surface area contributed by atoms with Gasteiger partial charge in [0.1, 0.15) is 0 Å². The SMILES string of the molecule is CC(CCl)SCC1CN(C(C)C)CCO1. The number of rotatable bonds is 5. The lowest BCUT2D eigenvalue weighted by Crippen LogP contribution is -2.46. The van der Waals surface area contributed by atoms with Gasteiger partial charge in [0.2, 0.25) is 0 Å². The lowest BCUT2D eigenvalue weighted by molar-refractivity contribution is -0.0265. The van der Waals surface area contributed by atoms with Crippen molar-refractivity contribution in [1.29, 1.82) is 0 Å². The van der Waals surface area contributed by atoms with Crippen LogP contribution < -0.4 is 0 Å². The van der Waals surface area contributed by atoms with Gasteiger partial charge in [0.15, 0.2) is 0 Å². The fourth-order valence-electron chi connectivity index (χ4n) is 1.63. The molecule has 2 unspecified atom stereocenters. The van der Waals surface area contributed by atoms with Crippen molar-refractivity contribution in [3.05, 3.63) is 0 Å². The molecule has 0 aromatic carbocycles. The molecule has 1 saturated heterocycles. The Labute approximate surface area is 103 Å². The molecule has 0 saturated carbocycles. The number of halogens is 1. The molecule has 4 heteroatoms. The minimum atomic E-state index is 0.386. The van der Waals surface area contributed by atoms with Crippen LogP contribution in [-0.2, 0) is 4.74 Å². The van der Waals surface area contributed by atoms with Gasteiger partial charge in [-0.25, -0.2) is 0 Å². The predicted octanol–water partition coefficient (Wildman–Crippen LogP) is 2.46. The third kappa shape index (κ3) is 4.94. The largest absolute Gasteiger partial charge is 0.375 e. The summed E-state index contributed by atoms with van der Waals surface area (Å²) in [6.07, 6.45) is 0.386. The fraction of sp³-hybridized carbons (Fsp3) is 1.00. The van der Waals surface area contributed by atoms with Crippen molar-refractivity contribution in [3.63, 3.8) is 0 Å². The first-order chi connectivity index (χ1) is 7.13. The number of ether oxygens (including phenoxy) is 1. The summed E-state index contributed by atoms with van der Waals surface area (Å²) in [4.78, 5) is 2.49. The first-order valence-electron chi connectivity index (χ1n) is 5.66. The molecule has 1 rings (SSSR count). The van der Waals surface area contributed by atoms with Crippen LogP contribution in [0.2, 0.25) is 0 Å². The summed E-state index contributed by atoms with van der Waals surface area (Å²) in [5.41, 5.74) is 0. The van der Waals surface area contributed by atoms with E-state index in [9.17, 15) is 0 Å². The van der Waals surface area contributed by atoms with Gasteiger partial charge >= 0.3 is 0 Å². The summed E-state index contributed by atoms with van der Waals surface area (Å²) in [6.45, 7) is 9.68. The summed E-state index contributed by atoms with van der Waals surface area (Å²) in [5.74, 6) is 1.79. The van der Waals surface area contributed by atoms with E-state index in [4.69, 9.17) is 16.3 Å². The molecule has 0 amide bonds. The third-order valence-electron chi connectivity index (χ3n) is 2.68. The second-order valence-electron chi connectivity index (χ2n) is 4.38. The van der Waals surface area contributed by atoms with Crippen LogP contribution >= 0.6 is 23.4 Å². The minimum Gasteiger partial charge on any atom is -0.375 e. The van der Waals surface area contributed by atoms with E-state index in [1.807, 2.05) is 11.8 Å². The average Bonchev–Trinajstić information content (AvgIpc) is 2.26. The van der Waals surface area contributed by atoms with E-state index >= 15 is 0 Å². The second-order valence-corrected chi connectivity index (χ2v) is 6.16. The van der Waals surface area contributed by atoms with Crippen LogP contribution in [0.5, 0.6) is 0 Å². The maximum absolute atomic E-state index is 5.78. The van der Waals surface area contributed by atoms with Gasteiger partial charge in [-0.1, -0.05) is 6.92 Å². The summed E-state index contributed by atoms with van der Waals surface area (Å²) in [5, 5.41) is 0.532. The van der Waals surface area contributed by atoms with Crippen LogP contribution in [-0.4, -0.2) is 53.6 Å². The van der Waals surface area contributed by atoms with Crippen LogP contribution in [0.3, 0.4) is 0 Å². The highest BCUT2D eigenvalue weighted by Gasteiger charge is 2.22. The van der Waals surface area contributed by atoms with E-state index in [-0.39, 0.29) is 0 Å². The Morgan fingerprint density at radius 2 is 2.20 bits per heavy atom. The maximum atomic E-state index is 5.78. The summed E-state index contributed by atoms with van der Waals surface area (Å²) in [6, 6.07) is 0.631. The number of nitrogens with zero attached hydrogens (tertiary/aromatic N) is 1. The Morgan fingerprint density at radius 3 is 2.80 bits per heavy atom. The number of alkyl halides is 1. The highest BCUT2D eigenvalue weighted by Crippen LogP contribution is 2.17. The zero-order valence-electron chi connectivity index (χ0n) is 9.91. The Hall–Kier alpha value is 0.560. The third-order valence-corrected chi connectivity index (χ3v) is 4.63. The zero-order chi connectivity index (χ0) is 11.3. The van der Waals surface area contributed by atoms with Crippen molar-refractivity contribution >= 4 is 23.4 Å². The van der Waals surface area contributed by atoms with E-state index in [0.29, 0.717) is 17.4 Å². The predicted molar refractivity (Wildman–Crippen MR) is 69.1 cm³/mol. The second kappa shape index (κ2) is 7.00. The monoisotopic (exact) mass is 251 g/mol. The van der Waals surface area contributed by atoms with E-state index in [2.05, 4.69) is 25.7 Å².